The van der Waals surface area contributed by atoms with Crippen molar-refractivity contribution in [2.24, 2.45) is 0 Å². The van der Waals surface area contributed by atoms with Gasteiger partial charge in [0.1, 0.15) is 5.65 Å². The lowest BCUT2D eigenvalue weighted by Gasteiger charge is -2.01. The van der Waals surface area contributed by atoms with E-state index in [0.717, 1.165) is 33.2 Å². The summed E-state index contributed by atoms with van der Waals surface area (Å²) < 4.78 is 1.85. The Kier molecular flexibility index (Phi) is 2.23. The summed E-state index contributed by atoms with van der Waals surface area (Å²) in [6.45, 7) is 3.83. The summed E-state index contributed by atoms with van der Waals surface area (Å²) in [5.74, 6) is 0. The van der Waals surface area contributed by atoms with Crippen LogP contribution in [0.1, 0.15) is 5.56 Å². The van der Waals surface area contributed by atoms with Crippen molar-refractivity contribution in [2.45, 2.75) is 0 Å². The standard InChI is InChI=1S/C16H12N4/c1-2-11-9-19-20-7-5-12(8-15(11)20)14-10-18-16-13(14)4-3-6-17-16/h2-10H,1H2,(H,17,18). The number of hydrogen-bond donors (Lipinski definition) is 1. The van der Waals surface area contributed by atoms with Gasteiger partial charge in [0.05, 0.1) is 11.7 Å². The highest BCUT2D eigenvalue weighted by molar-refractivity contribution is 5.94. The number of nitrogens with zero attached hydrogens (tertiary/aromatic N) is 3. The number of nitrogens with one attached hydrogen (secondary N) is 1. The second-order valence-corrected chi connectivity index (χ2v) is 4.65. The van der Waals surface area contributed by atoms with E-state index in [2.05, 4.69) is 39.8 Å². The molecule has 4 aromatic heterocycles. The monoisotopic (exact) mass is 260 g/mol. The number of aromatic nitrogens is 4. The third-order valence-corrected chi connectivity index (χ3v) is 3.53. The van der Waals surface area contributed by atoms with Gasteiger partial charge < -0.3 is 4.98 Å². The zero-order chi connectivity index (χ0) is 13.5. The number of aromatic amines is 1. The van der Waals surface area contributed by atoms with Crippen LogP contribution in [0.3, 0.4) is 0 Å². The first-order valence-electron chi connectivity index (χ1n) is 6.39. The molecule has 4 heterocycles. The Balaban J connectivity index is 1.99. The molecule has 0 unspecified atom stereocenters. The highest BCUT2D eigenvalue weighted by Gasteiger charge is 2.08. The van der Waals surface area contributed by atoms with E-state index in [9.17, 15) is 0 Å². The molecule has 4 rings (SSSR count). The van der Waals surface area contributed by atoms with Gasteiger partial charge in [-0.1, -0.05) is 12.7 Å². The number of hydrogen-bond acceptors (Lipinski definition) is 2. The second kappa shape index (κ2) is 4.06. The van der Waals surface area contributed by atoms with Crippen molar-refractivity contribution in [1.82, 2.24) is 19.6 Å². The molecule has 0 fully saturated rings. The number of rotatable bonds is 2. The Labute approximate surface area is 115 Å². The first-order chi connectivity index (χ1) is 9.86. The fraction of sp³-hybridized carbons (Fsp3) is 0. The van der Waals surface area contributed by atoms with Crippen LogP contribution in [0.25, 0.3) is 33.8 Å². The SMILES string of the molecule is C=Cc1cnn2ccc(-c3c[nH]c4ncccc34)cc12. The van der Waals surface area contributed by atoms with Crippen LogP contribution in [-0.2, 0) is 0 Å². The zero-order valence-corrected chi connectivity index (χ0v) is 10.7. The lowest BCUT2D eigenvalue weighted by atomic mass is 10.1. The Morgan fingerprint density at radius 3 is 3.15 bits per heavy atom. The molecule has 0 amide bonds. The average molecular weight is 260 g/mol. The second-order valence-electron chi connectivity index (χ2n) is 4.65. The molecular formula is C16H12N4. The molecule has 4 heteroatoms. The maximum absolute atomic E-state index is 4.32. The van der Waals surface area contributed by atoms with E-state index in [1.54, 1.807) is 6.20 Å². The summed E-state index contributed by atoms with van der Waals surface area (Å²) in [5, 5.41) is 5.42. The fourth-order valence-corrected chi connectivity index (χ4v) is 2.52. The highest BCUT2D eigenvalue weighted by atomic mass is 15.2. The van der Waals surface area contributed by atoms with Gasteiger partial charge in [0.25, 0.3) is 0 Å². The van der Waals surface area contributed by atoms with E-state index in [-0.39, 0.29) is 0 Å². The lowest BCUT2D eigenvalue weighted by molar-refractivity contribution is 0.962. The topological polar surface area (TPSA) is 46.0 Å². The Bertz CT molecular complexity index is 930. The van der Waals surface area contributed by atoms with Crippen molar-refractivity contribution in [3.63, 3.8) is 0 Å². The Morgan fingerprint density at radius 2 is 2.25 bits per heavy atom. The predicted molar refractivity (Wildman–Crippen MR) is 80.4 cm³/mol. The molecule has 0 bridgehead atoms. The fourth-order valence-electron chi connectivity index (χ4n) is 2.52. The van der Waals surface area contributed by atoms with Gasteiger partial charge >= 0.3 is 0 Å². The average Bonchev–Trinajstić information content (AvgIpc) is 3.10. The number of H-pyrrole nitrogens is 1. The maximum atomic E-state index is 4.32. The van der Waals surface area contributed by atoms with E-state index in [4.69, 9.17) is 0 Å². The predicted octanol–water partition coefficient (Wildman–Crippen LogP) is 3.52. The maximum Gasteiger partial charge on any atom is 0.137 e. The van der Waals surface area contributed by atoms with Crippen molar-refractivity contribution >= 4 is 22.6 Å². The summed E-state index contributed by atoms with van der Waals surface area (Å²) in [7, 11) is 0. The molecule has 0 aromatic carbocycles. The van der Waals surface area contributed by atoms with Crippen LogP contribution < -0.4 is 0 Å². The van der Waals surface area contributed by atoms with Crippen molar-refractivity contribution in [1.29, 1.82) is 0 Å². The van der Waals surface area contributed by atoms with Crippen molar-refractivity contribution < 1.29 is 0 Å². The van der Waals surface area contributed by atoms with Gasteiger partial charge in [-0.15, -0.1) is 0 Å². The molecule has 0 aliphatic carbocycles. The summed E-state index contributed by atoms with van der Waals surface area (Å²) in [4.78, 5) is 7.53. The number of pyridine rings is 2. The van der Waals surface area contributed by atoms with Gasteiger partial charge in [0, 0.05) is 35.1 Å². The first kappa shape index (κ1) is 11.0. The first-order valence-corrected chi connectivity index (χ1v) is 6.39. The molecule has 0 aliphatic rings. The van der Waals surface area contributed by atoms with Crippen LogP contribution >= 0.6 is 0 Å². The largest absolute Gasteiger partial charge is 0.346 e. The Hall–Kier alpha value is -2.88. The molecule has 0 saturated carbocycles. The normalized spacial score (nSPS) is 11.2. The van der Waals surface area contributed by atoms with Crippen LogP contribution in [-0.4, -0.2) is 19.6 Å². The molecule has 4 nitrogen and oxygen atoms in total. The molecule has 0 atom stereocenters. The summed E-state index contributed by atoms with van der Waals surface area (Å²) in [5.41, 5.74) is 5.27. The van der Waals surface area contributed by atoms with Crippen LogP contribution in [0, 0.1) is 0 Å². The number of fused-ring (bicyclic) bond motifs is 2. The van der Waals surface area contributed by atoms with E-state index in [1.807, 2.05) is 35.2 Å². The van der Waals surface area contributed by atoms with Crippen LogP contribution in [0.5, 0.6) is 0 Å². The minimum atomic E-state index is 0.903. The Morgan fingerprint density at radius 1 is 1.30 bits per heavy atom. The van der Waals surface area contributed by atoms with Gasteiger partial charge in [-0.25, -0.2) is 9.50 Å². The van der Waals surface area contributed by atoms with Crippen LogP contribution in [0.15, 0.2) is 55.6 Å². The van der Waals surface area contributed by atoms with Crippen LogP contribution in [0.2, 0.25) is 0 Å². The van der Waals surface area contributed by atoms with E-state index < -0.39 is 0 Å². The van der Waals surface area contributed by atoms with Crippen molar-refractivity contribution in [3.8, 4) is 11.1 Å². The van der Waals surface area contributed by atoms with Gasteiger partial charge in [0.2, 0.25) is 0 Å². The summed E-state index contributed by atoms with van der Waals surface area (Å²) >= 11 is 0. The van der Waals surface area contributed by atoms with Crippen molar-refractivity contribution in [2.75, 3.05) is 0 Å². The summed E-state index contributed by atoms with van der Waals surface area (Å²) in [6.07, 6.45) is 9.39. The molecule has 0 spiro atoms. The molecule has 96 valence electrons. The zero-order valence-electron chi connectivity index (χ0n) is 10.7. The van der Waals surface area contributed by atoms with Gasteiger partial charge in [0.15, 0.2) is 0 Å². The highest BCUT2D eigenvalue weighted by Crippen LogP contribution is 2.28. The lowest BCUT2D eigenvalue weighted by Crippen LogP contribution is -1.87. The quantitative estimate of drug-likeness (QED) is 0.599. The van der Waals surface area contributed by atoms with E-state index in [1.165, 1.54) is 0 Å². The van der Waals surface area contributed by atoms with Gasteiger partial charge in [-0.05, 0) is 29.8 Å². The van der Waals surface area contributed by atoms with Crippen LogP contribution in [0.4, 0.5) is 0 Å². The van der Waals surface area contributed by atoms with E-state index >= 15 is 0 Å². The van der Waals surface area contributed by atoms with Crippen molar-refractivity contribution in [3.05, 3.63) is 61.2 Å². The minimum Gasteiger partial charge on any atom is -0.346 e. The molecule has 4 aromatic rings. The molecule has 0 saturated heterocycles. The molecule has 1 N–H and O–H groups in total. The molecule has 0 radical (unpaired) electrons. The molecule has 0 aliphatic heterocycles. The third-order valence-electron chi connectivity index (χ3n) is 3.53. The smallest absolute Gasteiger partial charge is 0.137 e. The molecule has 20 heavy (non-hydrogen) atoms. The third kappa shape index (κ3) is 1.48. The van der Waals surface area contributed by atoms with Gasteiger partial charge in [-0.2, -0.15) is 5.10 Å². The summed E-state index contributed by atoms with van der Waals surface area (Å²) in [6, 6.07) is 8.21. The van der Waals surface area contributed by atoms with E-state index in [0.29, 0.717) is 0 Å². The van der Waals surface area contributed by atoms with Gasteiger partial charge in [-0.3, -0.25) is 0 Å². The molecular weight excluding hydrogens is 248 g/mol. The minimum absolute atomic E-state index is 0.903.